The lowest BCUT2D eigenvalue weighted by atomic mass is 9.99. The van der Waals surface area contributed by atoms with E-state index in [-0.39, 0.29) is 0 Å². The van der Waals surface area contributed by atoms with E-state index in [9.17, 15) is 0 Å². The van der Waals surface area contributed by atoms with E-state index in [1.165, 1.54) is 70.3 Å². The van der Waals surface area contributed by atoms with E-state index in [1.54, 1.807) is 0 Å². The van der Waals surface area contributed by atoms with E-state index in [0.717, 1.165) is 12.6 Å². The van der Waals surface area contributed by atoms with E-state index >= 15 is 0 Å². The standard InChI is InChI=1S/C14H25N3/c1-2-7-14(15-9-4-1)16-12-8-11-17-10-5-3-6-13(12)17/h12-13H,1-11H2,(H,15,16). The molecule has 0 aromatic rings. The summed E-state index contributed by atoms with van der Waals surface area (Å²) in [5.41, 5.74) is 0. The molecule has 3 aliphatic rings. The molecule has 2 saturated heterocycles. The van der Waals surface area contributed by atoms with Crippen LogP contribution in [0, 0.1) is 0 Å². The highest BCUT2D eigenvalue weighted by Gasteiger charge is 2.35. The van der Waals surface area contributed by atoms with E-state index in [1.807, 2.05) is 0 Å². The zero-order valence-electron chi connectivity index (χ0n) is 10.8. The van der Waals surface area contributed by atoms with Gasteiger partial charge in [-0.25, -0.2) is 0 Å². The van der Waals surface area contributed by atoms with Crippen LogP contribution in [0.25, 0.3) is 0 Å². The first-order chi connectivity index (χ1) is 8.43. The second-order valence-corrected chi connectivity index (χ2v) is 5.78. The molecule has 3 rings (SSSR count). The molecular weight excluding hydrogens is 210 g/mol. The van der Waals surface area contributed by atoms with Gasteiger partial charge in [0.1, 0.15) is 0 Å². The Hall–Kier alpha value is -0.570. The third kappa shape index (κ3) is 2.65. The topological polar surface area (TPSA) is 27.6 Å². The third-order valence-corrected chi connectivity index (χ3v) is 4.58. The van der Waals surface area contributed by atoms with Gasteiger partial charge in [-0.05, 0) is 38.6 Å². The molecule has 3 nitrogen and oxygen atoms in total. The average molecular weight is 235 g/mol. The number of amidine groups is 1. The molecule has 1 N–H and O–H groups in total. The molecule has 3 aliphatic heterocycles. The molecule has 2 atom stereocenters. The zero-order chi connectivity index (χ0) is 11.5. The van der Waals surface area contributed by atoms with Crippen LogP contribution in [0.5, 0.6) is 0 Å². The Bertz CT molecular complexity index is 287. The van der Waals surface area contributed by atoms with Crippen LogP contribution in [-0.2, 0) is 0 Å². The van der Waals surface area contributed by atoms with Gasteiger partial charge in [0.25, 0.3) is 0 Å². The zero-order valence-corrected chi connectivity index (χ0v) is 10.8. The van der Waals surface area contributed by atoms with Crippen molar-refractivity contribution in [1.29, 1.82) is 0 Å². The normalized spacial score (nSPS) is 34.9. The lowest BCUT2D eigenvalue weighted by Gasteiger charge is -2.33. The predicted octanol–water partition coefficient (Wildman–Crippen LogP) is 2.18. The summed E-state index contributed by atoms with van der Waals surface area (Å²) in [6.45, 7) is 3.67. The summed E-state index contributed by atoms with van der Waals surface area (Å²) < 4.78 is 0. The fourth-order valence-electron chi connectivity index (χ4n) is 3.62. The first-order valence-electron chi connectivity index (χ1n) is 7.47. The summed E-state index contributed by atoms with van der Waals surface area (Å²) >= 11 is 0. The van der Waals surface area contributed by atoms with Gasteiger partial charge in [0.05, 0.1) is 5.84 Å². The van der Waals surface area contributed by atoms with E-state index in [2.05, 4.69) is 10.2 Å². The van der Waals surface area contributed by atoms with Gasteiger partial charge in [-0.1, -0.05) is 12.8 Å². The molecule has 0 aromatic carbocycles. The minimum atomic E-state index is 0.687. The SMILES string of the molecule is C1CCN=C(NC2CCN3CCCCC23)CC1. The van der Waals surface area contributed by atoms with E-state index < -0.39 is 0 Å². The molecule has 3 heteroatoms. The Labute approximate surface area is 105 Å². The van der Waals surface area contributed by atoms with Crippen LogP contribution in [0.2, 0.25) is 0 Å². The fraction of sp³-hybridized carbons (Fsp3) is 0.929. The number of hydrogen-bond donors (Lipinski definition) is 1. The highest BCUT2D eigenvalue weighted by atomic mass is 15.2. The van der Waals surface area contributed by atoms with Gasteiger partial charge in [-0.2, -0.15) is 0 Å². The molecule has 2 unspecified atom stereocenters. The Morgan fingerprint density at radius 2 is 2.00 bits per heavy atom. The van der Waals surface area contributed by atoms with Crippen molar-refractivity contribution in [1.82, 2.24) is 10.2 Å². The second-order valence-electron chi connectivity index (χ2n) is 5.78. The van der Waals surface area contributed by atoms with Crippen molar-refractivity contribution in [3.63, 3.8) is 0 Å². The largest absolute Gasteiger partial charge is 0.369 e. The van der Waals surface area contributed by atoms with Crippen molar-refractivity contribution in [2.75, 3.05) is 19.6 Å². The number of aliphatic imine (C=N–C) groups is 1. The summed E-state index contributed by atoms with van der Waals surface area (Å²) in [7, 11) is 0. The lowest BCUT2D eigenvalue weighted by Crippen LogP contribution is -2.46. The molecule has 0 amide bonds. The van der Waals surface area contributed by atoms with Gasteiger partial charge in [0, 0.05) is 31.6 Å². The van der Waals surface area contributed by atoms with Gasteiger partial charge in [0.2, 0.25) is 0 Å². The van der Waals surface area contributed by atoms with Crippen LogP contribution in [0.3, 0.4) is 0 Å². The summed E-state index contributed by atoms with van der Waals surface area (Å²) in [5, 5.41) is 3.77. The Morgan fingerprint density at radius 3 is 3.00 bits per heavy atom. The summed E-state index contributed by atoms with van der Waals surface area (Å²) in [6, 6.07) is 1.49. The Balaban J connectivity index is 1.59. The van der Waals surface area contributed by atoms with Crippen molar-refractivity contribution in [3.05, 3.63) is 0 Å². The van der Waals surface area contributed by atoms with Crippen LogP contribution < -0.4 is 5.32 Å². The summed E-state index contributed by atoms with van der Waals surface area (Å²) in [6.07, 6.45) is 10.7. The van der Waals surface area contributed by atoms with E-state index in [4.69, 9.17) is 4.99 Å². The van der Waals surface area contributed by atoms with Crippen LogP contribution >= 0.6 is 0 Å². The van der Waals surface area contributed by atoms with Crippen molar-refractivity contribution in [2.24, 2.45) is 4.99 Å². The fourth-order valence-corrected chi connectivity index (χ4v) is 3.62. The molecule has 0 aliphatic carbocycles. The monoisotopic (exact) mass is 235 g/mol. The number of nitrogens with one attached hydrogen (secondary N) is 1. The van der Waals surface area contributed by atoms with Gasteiger partial charge in [-0.15, -0.1) is 0 Å². The third-order valence-electron chi connectivity index (χ3n) is 4.58. The summed E-state index contributed by atoms with van der Waals surface area (Å²) in [5.74, 6) is 1.31. The highest BCUT2D eigenvalue weighted by molar-refractivity contribution is 5.82. The van der Waals surface area contributed by atoms with Crippen LogP contribution in [0.4, 0.5) is 0 Å². The first kappa shape index (κ1) is 11.5. The molecule has 0 saturated carbocycles. The maximum atomic E-state index is 4.71. The molecular formula is C14H25N3. The maximum Gasteiger partial charge on any atom is 0.0965 e. The van der Waals surface area contributed by atoms with Crippen LogP contribution in [-0.4, -0.2) is 42.5 Å². The maximum absolute atomic E-state index is 4.71. The quantitative estimate of drug-likeness (QED) is 0.754. The lowest BCUT2D eigenvalue weighted by molar-refractivity contribution is 0.185. The molecule has 2 fully saturated rings. The van der Waals surface area contributed by atoms with Gasteiger partial charge in [0.15, 0.2) is 0 Å². The first-order valence-corrected chi connectivity index (χ1v) is 7.47. The minimum absolute atomic E-state index is 0.687. The van der Waals surface area contributed by atoms with E-state index in [0.29, 0.717) is 6.04 Å². The molecule has 3 heterocycles. The number of hydrogen-bond acceptors (Lipinski definition) is 3. The van der Waals surface area contributed by atoms with Crippen molar-refractivity contribution in [2.45, 2.75) is 63.5 Å². The van der Waals surface area contributed by atoms with Gasteiger partial charge >= 0.3 is 0 Å². The summed E-state index contributed by atoms with van der Waals surface area (Å²) in [4.78, 5) is 7.40. The van der Waals surface area contributed by atoms with Crippen LogP contribution in [0.1, 0.15) is 51.4 Å². The molecule has 0 aromatic heterocycles. The number of rotatable bonds is 1. The number of fused-ring (bicyclic) bond motifs is 1. The molecule has 0 radical (unpaired) electrons. The average Bonchev–Trinajstić information content (AvgIpc) is 2.59. The highest BCUT2D eigenvalue weighted by Crippen LogP contribution is 2.27. The molecule has 0 bridgehead atoms. The van der Waals surface area contributed by atoms with Crippen molar-refractivity contribution >= 4 is 5.84 Å². The van der Waals surface area contributed by atoms with Gasteiger partial charge in [-0.3, -0.25) is 9.89 Å². The Morgan fingerprint density at radius 1 is 1.00 bits per heavy atom. The molecule has 96 valence electrons. The number of piperidine rings is 1. The van der Waals surface area contributed by atoms with Crippen molar-refractivity contribution in [3.8, 4) is 0 Å². The second kappa shape index (κ2) is 5.38. The Kier molecular flexibility index (Phi) is 3.65. The number of nitrogens with zero attached hydrogens (tertiary/aromatic N) is 2. The van der Waals surface area contributed by atoms with Gasteiger partial charge < -0.3 is 5.32 Å². The van der Waals surface area contributed by atoms with Crippen LogP contribution in [0.15, 0.2) is 4.99 Å². The minimum Gasteiger partial charge on any atom is -0.369 e. The predicted molar refractivity (Wildman–Crippen MR) is 71.5 cm³/mol. The smallest absolute Gasteiger partial charge is 0.0965 e. The molecule has 0 spiro atoms. The van der Waals surface area contributed by atoms with Crippen molar-refractivity contribution < 1.29 is 0 Å². The molecule has 17 heavy (non-hydrogen) atoms.